The van der Waals surface area contributed by atoms with E-state index in [1.165, 1.54) is 6.33 Å². The van der Waals surface area contributed by atoms with Crippen molar-refractivity contribution in [2.24, 2.45) is 5.92 Å². The van der Waals surface area contributed by atoms with E-state index in [0.29, 0.717) is 37.9 Å². The normalized spacial score (nSPS) is 20.8. The Morgan fingerprint density at radius 1 is 1.14 bits per heavy atom. The minimum absolute atomic E-state index is 0.0370. The van der Waals surface area contributed by atoms with Crippen molar-refractivity contribution in [3.8, 4) is 5.88 Å². The molecule has 2 aromatic rings. The fourth-order valence-corrected chi connectivity index (χ4v) is 5.05. The number of nitrogen functional groups attached to an aromatic ring is 1. The number of sulfonamides is 1. The zero-order valence-electron chi connectivity index (χ0n) is 19.0. The highest BCUT2D eigenvalue weighted by atomic mass is 32.2. The number of nitrogens with one attached hydrogen (secondary N) is 1. The number of carbonyl (C=O) groups excluding carboxylic acids is 2. The van der Waals surface area contributed by atoms with Crippen molar-refractivity contribution in [1.82, 2.24) is 14.7 Å². The van der Waals surface area contributed by atoms with Crippen LogP contribution in [0.2, 0.25) is 0 Å². The SMILES string of the molecule is Nc1ncnc2c1C(=O)N(c1ccc(C3CCC(CC(=O)NS(=O)(=O)C(F)(F)F)CC3)cc1)CCO2. The molecule has 0 radical (unpaired) electrons. The van der Waals surface area contributed by atoms with Gasteiger partial charge in [0.1, 0.15) is 24.3 Å². The number of nitrogens with two attached hydrogens (primary N) is 1. The average Bonchev–Trinajstić information content (AvgIpc) is 2.98. The number of rotatable bonds is 5. The molecule has 1 aliphatic heterocycles. The van der Waals surface area contributed by atoms with Gasteiger partial charge in [0.25, 0.3) is 5.91 Å². The molecule has 3 N–H and O–H groups in total. The first kappa shape index (κ1) is 25.7. The minimum Gasteiger partial charge on any atom is -0.475 e. The number of fused-ring (bicyclic) bond motifs is 1. The maximum atomic E-state index is 13.1. The van der Waals surface area contributed by atoms with Crippen LogP contribution < -0.4 is 20.1 Å². The van der Waals surface area contributed by atoms with Crippen LogP contribution in [0, 0.1) is 5.92 Å². The maximum absolute atomic E-state index is 13.1. The highest BCUT2D eigenvalue weighted by Crippen LogP contribution is 2.38. The highest BCUT2D eigenvalue weighted by molar-refractivity contribution is 7.90. The summed E-state index contributed by atoms with van der Waals surface area (Å²) in [6.07, 6.45) is 3.49. The summed E-state index contributed by atoms with van der Waals surface area (Å²) >= 11 is 0. The number of amides is 2. The van der Waals surface area contributed by atoms with E-state index in [1.807, 2.05) is 24.3 Å². The Morgan fingerprint density at radius 2 is 1.81 bits per heavy atom. The summed E-state index contributed by atoms with van der Waals surface area (Å²) < 4.78 is 66.2. The second-order valence-electron chi connectivity index (χ2n) is 8.73. The van der Waals surface area contributed by atoms with E-state index in [-0.39, 0.29) is 48.0 Å². The van der Waals surface area contributed by atoms with Gasteiger partial charge in [-0.05, 0) is 55.2 Å². The van der Waals surface area contributed by atoms with Crippen LogP contribution in [0.3, 0.4) is 0 Å². The van der Waals surface area contributed by atoms with Gasteiger partial charge < -0.3 is 15.4 Å². The highest BCUT2D eigenvalue weighted by Gasteiger charge is 2.47. The molecule has 0 atom stereocenters. The third-order valence-electron chi connectivity index (χ3n) is 6.40. The minimum atomic E-state index is -5.69. The number of nitrogens with zero attached hydrogens (tertiary/aromatic N) is 3. The summed E-state index contributed by atoms with van der Waals surface area (Å²) in [4.78, 5) is 34.3. The summed E-state index contributed by atoms with van der Waals surface area (Å²) in [6, 6.07) is 7.46. The van der Waals surface area contributed by atoms with Gasteiger partial charge in [-0.3, -0.25) is 9.59 Å². The molecule has 0 saturated heterocycles. The van der Waals surface area contributed by atoms with E-state index in [1.54, 1.807) is 4.90 Å². The number of carbonyl (C=O) groups is 2. The van der Waals surface area contributed by atoms with Crippen molar-refractivity contribution in [1.29, 1.82) is 0 Å². The van der Waals surface area contributed by atoms with Crippen molar-refractivity contribution in [3.63, 3.8) is 0 Å². The van der Waals surface area contributed by atoms with Crippen LogP contribution in [0.4, 0.5) is 24.7 Å². The monoisotopic (exact) mass is 527 g/mol. The van der Waals surface area contributed by atoms with Crippen molar-refractivity contribution >= 4 is 33.3 Å². The largest absolute Gasteiger partial charge is 0.516 e. The second kappa shape index (κ2) is 9.91. The number of hydrogen-bond acceptors (Lipinski definition) is 8. The topological polar surface area (TPSA) is 145 Å². The Kier molecular flexibility index (Phi) is 7.07. The summed E-state index contributed by atoms with van der Waals surface area (Å²) in [5.74, 6) is -1.36. The molecule has 2 heterocycles. The summed E-state index contributed by atoms with van der Waals surface area (Å²) in [5, 5.41) is 0. The zero-order valence-corrected chi connectivity index (χ0v) is 19.8. The molecule has 14 heteroatoms. The van der Waals surface area contributed by atoms with Gasteiger partial charge in [0, 0.05) is 12.1 Å². The standard InChI is InChI=1S/C22H24F3N5O5S/c23-22(24,25)36(33,34)29-17(31)11-13-1-3-14(4-2-13)15-5-7-16(8-6-15)30-9-10-35-20-18(21(30)32)19(26)27-12-28-20/h5-8,12-14H,1-4,9-11H2,(H,29,31)(H2,26,27,28). The van der Waals surface area contributed by atoms with Crippen LogP contribution >= 0.6 is 0 Å². The van der Waals surface area contributed by atoms with E-state index in [0.717, 1.165) is 10.3 Å². The predicted octanol–water partition coefficient (Wildman–Crippen LogP) is 2.73. The third-order valence-corrected chi connectivity index (χ3v) is 7.51. The molecule has 2 amide bonds. The smallest absolute Gasteiger partial charge is 0.475 e. The number of ether oxygens (including phenoxy) is 1. The summed E-state index contributed by atoms with van der Waals surface area (Å²) in [7, 11) is -5.69. The molecule has 1 saturated carbocycles. The summed E-state index contributed by atoms with van der Waals surface area (Å²) in [6.45, 7) is 0.532. The lowest BCUT2D eigenvalue weighted by Gasteiger charge is -2.29. The fraction of sp³-hybridized carbons (Fsp3) is 0.455. The first-order valence-corrected chi connectivity index (χ1v) is 12.7. The van der Waals surface area contributed by atoms with Gasteiger partial charge in [0.05, 0.1) is 6.54 Å². The zero-order chi connectivity index (χ0) is 26.1. The Balaban J connectivity index is 1.35. The molecule has 1 fully saturated rings. The quantitative estimate of drug-likeness (QED) is 0.604. The van der Waals surface area contributed by atoms with Crippen molar-refractivity contribution in [2.45, 2.75) is 43.5 Å². The van der Waals surface area contributed by atoms with Crippen LogP contribution in [-0.4, -0.2) is 48.9 Å². The number of alkyl halides is 3. The molecule has 1 aromatic carbocycles. The molecular weight excluding hydrogens is 503 g/mol. The lowest BCUT2D eigenvalue weighted by Crippen LogP contribution is -2.40. The van der Waals surface area contributed by atoms with Crippen LogP contribution in [0.5, 0.6) is 5.88 Å². The Morgan fingerprint density at radius 3 is 2.44 bits per heavy atom. The molecule has 0 spiro atoms. The molecule has 10 nitrogen and oxygen atoms in total. The van der Waals surface area contributed by atoms with Gasteiger partial charge in [-0.2, -0.15) is 21.6 Å². The molecule has 4 rings (SSSR count). The molecule has 2 aliphatic rings. The first-order valence-electron chi connectivity index (χ1n) is 11.2. The maximum Gasteiger partial charge on any atom is 0.516 e. The van der Waals surface area contributed by atoms with E-state index >= 15 is 0 Å². The van der Waals surface area contributed by atoms with E-state index < -0.39 is 21.4 Å². The van der Waals surface area contributed by atoms with Gasteiger partial charge in [-0.15, -0.1) is 0 Å². The fourth-order valence-electron chi connectivity index (χ4n) is 4.55. The van der Waals surface area contributed by atoms with E-state index in [9.17, 15) is 31.2 Å². The van der Waals surface area contributed by atoms with Gasteiger partial charge in [-0.25, -0.2) is 14.7 Å². The number of anilines is 2. The van der Waals surface area contributed by atoms with Gasteiger partial charge in [0.15, 0.2) is 0 Å². The van der Waals surface area contributed by atoms with E-state index in [2.05, 4.69) is 9.97 Å². The molecular formula is C22H24F3N5O5S. The van der Waals surface area contributed by atoms with Crippen molar-refractivity contribution < 1.29 is 35.9 Å². The molecule has 1 aromatic heterocycles. The molecule has 36 heavy (non-hydrogen) atoms. The lowest BCUT2D eigenvalue weighted by atomic mass is 9.77. The van der Waals surface area contributed by atoms with Crippen molar-refractivity contribution in [2.75, 3.05) is 23.8 Å². The van der Waals surface area contributed by atoms with Crippen LogP contribution in [0.15, 0.2) is 30.6 Å². The lowest BCUT2D eigenvalue weighted by molar-refractivity contribution is -0.121. The van der Waals surface area contributed by atoms with Crippen molar-refractivity contribution in [3.05, 3.63) is 41.7 Å². The van der Waals surface area contributed by atoms with Crippen LogP contribution in [0.25, 0.3) is 0 Å². The van der Waals surface area contributed by atoms with Gasteiger partial charge in [0.2, 0.25) is 11.8 Å². The Labute approximate surface area is 205 Å². The van der Waals surface area contributed by atoms with Crippen LogP contribution in [-0.2, 0) is 14.8 Å². The molecule has 1 aliphatic carbocycles. The Hall–Kier alpha value is -3.42. The van der Waals surface area contributed by atoms with Gasteiger partial charge in [-0.1, -0.05) is 12.1 Å². The molecule has 194 valence electrons. The number of aromatic nitrogens is 2. The Bertz CT molecular complexity index is 1250. The average molecular weight is 528 g/mol. The number of hydrogen-bond donors (Lipinski definition) is 2. The third kappa shape index (κ3) is 5.37. The first-order chi connectivity index (χ1) is 17.0. The van der Waals surface area contributed by atoms with E-state index in [4.69, 9.17) is 10.5 Å². The van der Waals surface area contributed by atoms with Gasteiger partial charge >= 0.3 is 15.5 Å². The number of benzene rings is 1. The number of halogens is 3. The molecule has 0 unspecified atom stereocenters. The summed E-state index contributed by atoms with van der Waals surface area (Å²) in [5.41, 5.74) is 2.14. The second-order valence-corrected chi connectivity index (χ2v) is 10.4. The molecule has 0 bridgehead atoms. The predicted molar refractivity (Wildman–Crippen MR) is 122 cm³/mol. The van der Waals surface area contributed by atoms with Crippen LogP contribution in [0.1, 0.15) is 53.9 Å².